The lowest BCUT2D eigenvalue weighted by Crippen LogP contribution is -2.12. The van der Waals surface area contributed by atoms with Crippen LogP contribution in [0.4, 0.5) is 0 Å². The van der Waals surface area contributed by atoms with Crippen LogP contribution < -0.4 is 0 Å². The van der Waals surface area contributed by atoms with Gasteiger partial charge in [-0.05, 0) is 22.5 Å². The quantitative estimate of drug-likeness (QED) is 0.620. The van der Waals surface area contributed by atoms with Crippen LogP contribution in [-0.2, 0) is 5.41 Å². The van der Waals surface area contributed by atoms with Gasteiger partial charge in [-0.3, -0.25) is 0 Å². The van der Waals surface area contributed by atoms with E-state index in [1.165, 1.54) is 11.1 Å². The lowest BCUT2D eigenvalue weighted by Gasteiger charge is -2.19. The van der Waals surface area contributed by atoms with E-state index in [9.17, 15) is 0 Å². The molecule has 12 heavy (non-hydrogen) atoms. The van der Waals surface area contributed by atoms with Crippen molar-refractivity contribution in [2.24, 2.45) is 0 Å². The summed E-state index contributed by atoms with van der Waals surface area (Å²) in [5.74, 6) is 0.554. The van der Waals surface area contributed by atoms with E-state index in [0.29, 0.717) is 5.92 Å². The second-order valence-electron chi connectivity index (χ2n) is 4.65. The third-order valence-electron chi connectivity index (χ3n) is 2.12. The monoisotopic (exact) mass is 166 g/mol. The summed E-state index contributed by atoms with van der Waals surface area (Å²) in [6.45, 7) is 11.0. The van der Waals surface area contributed by atoms with E-state index in [-0.39, 0.29) is 5.41 Å². The number of hydrogen-bond acceptors (Lipinski definition) is 1. The molecule has 0 radical (unpaired) electrons. The summed E-state index contributed by atoms with van der Waals surface area (Å²) in [6, 6.07) is 0. The zero-order valence-electron chi connectivity index (χ0n) is 8.64. The highest BCUT2D eigenvalue weighted by atomic mass is 16.3. The van der Waals surface area contributed by atoms with E-state index in [1.807, 2.05) is 12.5 Å². The lowest BCUT2D eigenvalue weighted by atomic mass is 9.84. The van der Waals surface area contributed by atoms with Crippen molar-refractivity contribution in [2.75, 3.05) is 0 Å². The van der Waals surface area contributed by atoms with Crippen LogP contribution in [0.5, 0.6) is 0 Å². The number of hydrogen-bond donors (Lipinski definition) is 0. The minimum atomic E-state index is 0.201. The van der Waals surface area contributed by atoms with Gasteiger partial charge in [-0.1, -0.05) is 34.6 Å². The summed E-state index contributed by atoms with van der Waals surface area (Å²) in [5, 5.41) is 0. The molecule has 0 spiro atoms. The van der Waals surface area contributed by atoms with Crippen molar-refractivity contribution in [1.82, 2.24) is 0 Å². The van der Waals surface area contributed by atoms with E-state index in [0.717, 1.165) is 0 Å². The van der Waals surface area contributed by atoms with Crippen molar-refractivity contribution in [1.29, 1.82) is 0 Å². The predicted octanol–water partition coefficient (Wildman–Crippen LogP) is 3.70. The zero-order chi connectivity index (χ0) is 9.35. The van der Waals surface area contributed by atoms with Gasteiger partial charge in [0, 0.05) is 0 Å². The molecule has 0 aliphatic rings. The lowest BCUT2D eigenvalue weighted by molar-refractivity contribution is 0.537. The standard InChI is InChI=1S/C11H18O/c1-8(2)9-6-12-7-10(9)11(3,4)5/h6-8H,1-5H3. The first-order valence-electron chi connectivity index (χ1n) is 4.49. The third-order valence-corrected chi connectivity index (χ3v) is 2.12. The first-order chi connectivity index (χ1) is 5.43. The first kappa shape index (κ1) is 9.37. The summed E-state index contributed by atoms with van der Waals surface area (Å²) in [7, 11) is 0. The van der Waals surface area contributed by atoms with Crippen LogP contribution in [0.25, 0.3) is 0 Å². The van der Waals surface area contributed by atoms with Crippen molar-refractivity contribution in [3.8, 4) is 0 Å². The average molecular weight is 166 g/mol. The Morgan fingerprint density at radius 2 is 1.75 bits per heavy atom. The van der Waals surface area contributed by atoms with Gasteiger partial charge < -0.3 is 4.42 Å². The van der Waals surface area contributed by atoms with E-state index < -0.39 is 0 Å². The molecule has 1 heterocycles. The molecule has 0 saturated carbocycles. The Morgan fingerprint density at radius 1 is 1.17 bits per heavy atom. The molecule has 0 bridgehead atoms. The van der Waals surface area contributed by atoms with E-state index >= 15 is 0 Å². The Kier molecular flexibility index (Phi) is 2.31. The molecule has 1 heteroatoms. The molecule has 68 valence electrons. The molecule has 1 aromatic rings. The van der Waals surface area contributed by atoms with E-state index in [4.69, 9.17) is 4.42 Å². The van der Waals surface area contributed by atoms with Crippen LogP contribution in [0.1, 0.15) is 51.7 Å². The minimum absolute atomic E-state index is 0.201. The van der Waals surface area contributed by atoms with Gasteiger partial charge in [-0.15, -0.1) is 0 Å². The van der Waals surface area contributed by atoms with Gasteiger partial charge in [-0.2, -0.15) is 0 Å². The van der Waals surface area contributed by atoms with Crippen molar-refractivity contribution < 1.29 is 4.42 Å². The molecule has 0 fully saturated rings. The number of furan rings is 1. The Morgan fingerprint density at radius 3 is 2.08 bits per heavy atom. The fourth-order valence-electron chi connectivity index (χ4n) is 1.36. The van der Waals surface area contributed by atoms with Crippen LogP contribution in [-0.4, -0.2) is 0 Å². The summed E-state index contributed by atoms with van der Waals surface area (Å²) in [6.07, 6.45) is 3.74. The summed E-state index contributed by atoms with van der Waals surface area (Å²) < 4.78 is 5.23. The largest absolute Gasteiger partial charge is 0.472 e. The van der Waals surface area contributed by atoms with Crippen LogP contribution in [0.15, 0.2) is 16.9 Å². The second kappa shape index (κ2) is 2.96. The smallest absolute Gasteiger partial charge is 0.0942 e. The van der Waals surface area contributed by atoms with Crippen LogP contribution in [0.2, 0.25) is 0 Å². The molecule has 0 aliphatic heterocycles. The van der Waals surface area contributed by atoms with Gasteiger partial charge in [0.15, 0.2) is 0 Å². The molecule has 0 aromatic carbocycles. The maximum absolute atomic E-state index is 5.23. The van der Waals surface area contributed by atoms with Gasteiger partial charge in [0.05, 0.1) is 12.5 Å². The van der Waals surface area contributed by atoms with Gasteiger partial charge >= 0.3 is 0 Å². The van der Waals surface area contributed by atoms with Crippen LogP contribution in [0, 0.1) is 0 Å². The molecular formula is C11H18O. The Hall–Kier alpha value is -0.720. The van der Waals surface area contributed by atoms with Crippen LogP contribution >= 0.6 is 0 Å². The minimum Gasteiger partial charge on any atom is -0.472 e. The SMILES string of the molecule is CC(C)c1cocc1C(C)(C)C. The maximum Gasteiger partial charge on any atom is 0.0942 e. The molecule has 0 saturated heterocycles. The fourth-order valence-corrected chi connectivity index (χ4v) is 1.36. The fraction of sp³-hybridized carbons (Fsp3) is 0.636. The molecule has 0 unspecified atom stereocenters. The van der Waals surface area contributed by atoms with E-state index in [2.05, 4.69) is 34.6 Å². The molecular weight excluding hydrogens is 148 g/mol. The van der Waals surface area contributed by atoms with Gasteiger partial charge in [0.2, 0.25) is 0 Å². The second-order valence-corrected chi connectivity index (χ2v) is 4.65. The van der Waals surface area contributed by atoms with Crippen molar-refractivity contribution >= 4 is 0 Å². The Balaban J connectivity index is 3.08. The molecule has 1 rings (SSSR count). The van der Waals surface area contributed by atoms with Gasteiger partial charge in [0.25, 0.3) is 0 Å². The molecule has 1 aromatic heterocycles. The molecule has 0 N–H and O–H groups in total. The maximum atomic E-state index is 5.23. The topological polar surface area (TPSA) is 13.1 Å². The van der Waals surface area contributed by atoms with Crippen molar-refractivity contribution in [3.05, 3.63) is 23.7 Å². The van der Waals surface area contributed by atoms with Crippen LogP contribution in [0.3, 0.4) is 0 Å². The number of rotatable bonds is 1. The van der Waals surface area contributed by atoms with E-state index in [1.54, 1.807) is 0 Å². The Labute approximate surface area is 74.8 Å². The average Bonchev–Trinajstić information content (AvgIpc) is 2.30. The van der Waals surface area contributed by atoms with Gasteiger partial charge in [-0.25, -0.2) is 0 Å². The van der Waals surface area contributed by atoms with Crippen molar-refractivity contribution in [3.63, 3.8) is 0 Å². The van der Waals surface area contributed by atoms with Crippen molar-refractivity contribution in [2.45, 2.75) is 46.0 Å². The zero-order valence-corrected chi connectivity index (χ0v) is 8.64. The predicted molar refractivity (Wildman–Crippen MR) is 51.5 cm³/mol. The third kappa shape index (κ3) is 1.71. The summed E-state index contributed by atoms with van der Waals surface area (Å²) >= 11 is 0. The summed E-state index contributed by atoms with van der Waals surface area (Å²) in [5.41, 5.74) is 2.87. The molecule has 0 amide bonds. The molecule has 0 aliphatic carbocycles. The molecule has 1 nitrogen and oxygen atoms in total. The molecule has 0 atom stereocenters. The Bertz CT molecular complexity index is 250. The summed E-state index contributed by atoms with van der Waals surface area (Å²) in [4.78, 5) is 0. The van der Waals surface area contributed by atoms with Gasteiger partial charge in [0.1, 0.15) is 0 Å². The highest BCUT2D eigenvalue weighted by Crippen LogP contribution is 2.30. The highest BCUT2D eigenvalue weighted by Gasteiger charge is 2.20. The first-order valence-corrected chi connectivity index (χ1v) is 4.49. The normalized spacial score (nSPS) is 12.5. The highest BCUT2D eigenvalue weighted by molar-refractivity contribution is 5.30.